The fraction of sp³-hybridized carbons (Fsp3) is 0.923. The highest BCUT2D eigenvalue weighted by Gasteiger charge is 2.27. The number of halogens is 1. The fourth-order valence-electron chi connectivity index (χ4n) is 2.62. The molecule has 16 heavy (non-hydrogen) atoms. The normalized spacial score (nSPS) is 25.0. The van der Waals surface area contributed by atoms with Crippen LogP contribution in [0, 0.1) is 17.8 Å². The number of hydrogen-bond donors (Lipinski definition) is 1. The summed E-state index contributed by atoms with van der Waals surface area (Å²) in [7, 11) is 0. The molecule has 2 unspecified atom stereocenters. The summed E-state index contributed by atoms with van der Waals surface area (Å²) in [6.45, 7) is 5.06. The number of rotatable bonds is 6. The van der Waals surface area contributed by atoms with Gasteiger partial charge in [0, 0.05) is 17.8 Å². The molecule has 1 fully saturated rings. The van der Waals surface area contributed by atoms with E-state index in [0.717, 1.165) is 30.6 Å². The number of amides is 1. The highest BCUT2D eigenvalue weighted by molar-refractivity contribution is 9.09. The largest absolute Gasteiger partial charge is 0.356 e. The van der Waals surface area contributed by atoms with Crippen molar-refractivity contribution in [3.8, 4) is 0 Å². The molecule has 2 nitrogen and oxygen atoms in total. The van der Waals surface area contributed by atoms with E-state index in [-0.39, 0.29) is 11.8 Å². The molecule has 1 saturated carbocycles. The first-order valence-corrected chi connectivity index (χ1v) is 7.68. The molecule has 0 heterocycles. The molecule has 1 amide bonds. The van der Waals surface area contributed by atoms with Gasteiger partial charge in [0.1, 0.15) is 0 Å². The van der Waals surface area contributed by atoms with Crippen LogP contribution in [0.25, 0.3) is 0 Å². The van der Waals surface area contributed by atoms with Crippen molar-refractivity contribution in [2.45, 2.75) is 46.0 Å². The average molecular weight is 290 g/mol. The Morgan fingerprint density at radius 2 is 1.94 bits per heavy atom. The van der Waals surface area contributed by atoms with Crippen molar-refractivity contribution < 1.29 is 4.79 Å². The predicted molar refractivity (Wildman–Crippen MR) is 71.7 cm³/mol. The summed E-state index contributed by atoms with van der Waals surface area (Å²) >= 11 is 3.57. The standard InChI is InChI=1S/C13H24BrNO/c1-3-10(4-2)13(16)15-9-12-7-5-6-11(12)8-14/h10-12H,3-9H2,1-2H3,(H,15,16). The first kappa shape index (κ1) is 14.0. The molecule has 0 aromatic rings. The maximum absolute atomic E-state index is 11.8. The first-order chi connectivity index (χ1) is 7.72. The number of carbonyl (C=O) groups is 1. The van der Waals surface area contributed by atoms with Crippen LogP contribution in [-0.2, 0) is 4.79 Å². The van der Waals surface area contributed by atoms with Crippen LogP contribution in [0.15, 0.2) is 0 Å². The maximum atomic E-state index is 11.8. The van der Waals surface area contributed by atoms with E-state index >= 15 is 0 Å². The van der Waals surface area contributed by atoms with Gasteiger partial charge in [-0.25, -0.2) is 0 Å². The van der Waals surface area contributed by atoms with E-state index in [4.69, 9.17) is 0 Å². The Hall–Kier alpha value is -0.0500. The fourth-order valence-corrected chi connectivity index (χ4v) is 3.47. The monoisotopic (exact) mass is 289 g/mol. The van der Waals surface area contributed by atoms with Gasteiger partial charge in [0.2, 0.25) is 5.91 Å². The first-order valence-electron chi connectivity index (χ1n) is 6.56. The molecule has 94 valence electrons. The van der Waals surface area contributed by atoms with Crippen LogP contribution in [0.4, 0.5) is 0 Å². The topological polar surface area (TPSA) is 29.1 Å². The van der Waals surface area contributed by atoms with Crippen LogP contribution < -0.4 is 5.32 Å². The summed E-state index contributed by atoms with van der Waals surface area (Å²) < 4.78 is 0. The third-order valence-electron chi connectivity index (χ3n) is 3.91. The van der Waals surface area contributed by atoms with Crippen LogP contribution in [-0.4, -0.2) is 17.8 Å². The van der Waals surface area contributed by atoms with Gasteiger partial charge in [0.15, 0.2) is 0 Å². The van der Waals surface area contributed by atoms with Gasteiger partial charge in [0.05, 0.1) is 0 Å². The molecule has 1 aliphatic carbocycles. The summed E-state index contributed by atoms with van der Waals surface area (Å²) in [5.74, 6) is 1.92. The van der Waals surface area contributed by atoms with Gasteiger partial charge in [-0.15, -0.1) is 0 Å². The van der Waals surface area contributed by atoms with Gasteiger partial charge >= 0.3 is 0 Å². The van der Waals surface area contributed by atoms with Gasteiger partial charge in [-0.05, 0) is 37.5 Å². The Labute approximate surface area is 108 Å². The second-order valence-electron chi connectivity index (χ2n) is 4.86. The summed E-state index contributed by atoms with van der Waals surface area (Å²) in [5, 5.41) is 4.21. The summed E-state index contributed by atoms with van der Waals surface area (Å²) in [4.78, 5) is 11.8. The van der Waals surface area contributed by atoms with Crippen molar-refractivity contribution in [1.82, 2.24) is 5.32 Å². The zero-order valence-electron chi connectivity index (χ0n) is 10.5. The Bertz CT molecular complexity index is 216. The quantitative estimate of drug-likeness (QED) is 0.747. The molecular formula is C13H24BrNO. The third-order valence-corrected chi connectivity index (χ3v) is 4.74. The molecule has 0 aromatic heterocycles. The molecule has 0 aromatic carbocycles. The molecule has 1 aliphatic rings. The van der Waals surface area contributed by atoms with Crippen molar-refractivity contribution >= 4 is 21.8 Å². The SMILES string of the molecule is CCC(CC)C(=O)NCC1CCCC1CBr. The third kappa shape index (κ3) is 3.76. The lowest BCUT2D eigenvalue weighted by Gasteiger charge is -2.19. The minimum Gasteiger partial charge on any atom is -0.356 e. The Morgan fingerprint density at radius 1 is 1.31 bits per heavy atom. The molecule has 0 spiro atoms. The Kier molecular flexibility index (Phi) is 6.40. The van der Waals surface area contributed by atoms with E-state index in [1.165, 1.54) is 19.3 Å². The molecule has 0 aliphatic heterocycles. The van der Waals surface area contributed by atoms with Crippen molar-refractivity contribution in [1.29, 1.82) is 0 Å². The highest BCUT2D eigenvalue weighted by Crippen LogP contribution is 2.32. The van der Waals surface area contributed by atoms with Gasteiger partial charge in [-0.2, -0.15) is 0 Å². The van der Waals surface area contributed by atoms with E-state index in [9.17, 15) is 4.79 Å². The van der Waals surface area contributed by atoms with Crippen molar-refractivity contribution in [3.05, 3.63) is 0 Å². The molecular weight excluding hydrogens is 266 g/mol. The van der Waals surface area contributed by atoms with Gasteiger partial charge in [-0.3, -0.25) is 4.79 Å². The summed E-state index contributed by atoms with van der Waals surface area (Å²) in [6, 6.07) is 0. The maximum Gasteiger partial charge on any atom is 0.223 e. The van der Waals surface area contributed by atoms with Crippen LogP contribution >= 0.6 is 15.9 Å². The Morgan fingerprint density at radius 3 is 2.50 bits per heavy atom. The lowest BCUT2D eigenvalue weighted by Crippen LogP contribution is -2.35. The van der Waals surface area contributed by atoms with Gasteiger partial charge < -0.3 is 5.32 Å². The van der Waals surface area contributed by atoms with Crippen LogP contribution in [0.1, 0.15) is 46.0 Å². The van der Waals surface area contributed by atoms with Gasteiger partial charge in [0.25, 0.3) is 0 Å². The minimum absolute atomic E-state index is 0.212. The number of carbonyl (C=O) groups excluding carboxylic acids is 1. The van der Waals surface area contributed by atoms with Crippen LogP contribution in [0.5, 0.6) is 0 Å². The summed E-state index contributed by atoms with van der Waals surface area (Å²) in [5.41, 5.74) is 0. The van der Waals surface area contributed by atoms with Crippen molar-refractivity contribution in [2.75, 3.05) is 11.9 Å². The second kappa shape index (κ2) is 7.31. The van der Waals surface area contributed by atoms with Crippen molar-refractivity contribution in [2.24, 2.45) is 17.8 Å². The molecule has 3 heteroatoms. The molecule has 0 radical (unpaired) electrons. The van der Waals surface area contributed by atoms with E-state index in [1.54, 1.807) is 0 Å². The van der Waals surface area contributed by atoms with Crippen LogP contribution in [0.2, 0.25) is 0 Å². The van der Waals surface area contributed by atoms with E-state index in [0.29, 0.717) is 5.92 Å². The highest BCUT2D eigenvalue weighted by atomic mass is 79.9. The summed E-state index contributed by atoms with van der Waals surface area (Å²) in [6.07, 6.45) is 5.82. The molecule has 0 saturated heterocycles. The number of nitrogens with one attached hydrogen (secondary N) is 1. The van der Waals surface area contributed by atoms with Gasteiger partial charge in [-0.1, -0.05) is 36.2 Å². The van der Waals surface area contributed by atoms with Crippen molar-refractivity contribution in [3.63, 3.8) is 0 Å². The molecule has 1 rings (SSSR count). The zero-order chi connectivity index (χ0) is 12.0. The predicted octanol–water partition coefficient (Wildman–Crippen LogP) is 3.35. The molecule has 1 N–H and O–H groups in total. The molecule has 2 atom stereocenters. The minimum atomic E-state index is 0.212. The average Bonchev–Trinajstić information content (AvgIpc) is 2.75. The van der Waals surface area contributed by atoms with E-state index < -0.39 is 0 Å². The number of alkyl halides is 1. The number of hydrogen-bond acceptors (Lipinski definition) is 1. The molecule has 0 bridgehead atoms. The van der Waals surface area contributed by atoms with Crippen LogP contribution in [0.3, 0.4) is 0 Å². The zero-order valence-corrected chi connectivity index (χ0v) is 12.1. The lowest BCUT2D eigenvalue weighted by atomic mass is 9.97. The van der Waals surface area contributed by atoms with E-state index in [1.807, 2.05) is 0 Å². The Balaban J connectivity index is 2.30. The second-order valence-corrected chi connectivity index (χ2v) is 5.51. The lowest BCUT2D eigenvalue weighted by molar-refractivity contribution is -0.125. The van der Waals surface area contributed by atoms with E-state index in [2.05, 4.69) is 35.1 Å². The smallest absolute Gasteiger partial charge is 0.223 e.